The average molecular weight is 762 g/mol. The van der Waals surface area contributed by atoms with Gasteiger partial charge in [0.25, 0.3) is 0 Å². The lowest BCUT2D eigenvalue weighted by atomic mass is 9.97. The Hall–Kier alpha value is -6.35. The standard InChI is InChI=1S/C47H28F3N3S2/c48-47(49,50)37-19-13-33-25-31(9-11-35(33)27-37)32-10-12-36-28-40(24-18-34(36)26-32)53(38-20-14-29(15-21-38)45-51-41-5-1-3-7-43(41)54-45)39-22-16-30(17-23-39)46-52-42-6-2-4-8-44(42)55-46/h1-28H/i10D,12D,18D,24D,26D,28D. The number of fused-ring (bicyclic) bond motifs is 4. The molecule has 0 radical (unpaired) electrons. The third kappa shape index (κ3) is 6.29. The molecule has 0 aliphatic heterocycles. The molecule has 0 unspecified atom stereocenters. The molecule has 0 amide bonds. The molecule has 10 rings (SSSR count). The van der Waals surface area contributed by atoms with Crippen LogP contribution in [0.15, 0.2) is 170 Å². The summed E-state index contributed by atoms with van der Waals surface area (Å²) in [6.07, 6.45) is -4.53. The summed E-state index contributed by atoms with van der Waals surface area (Å²) in [5.74, 6) is 0. The number of hydrogen-bond donors (Lipinski definition) is 0. The van der Waals surface area contributed by atoms with E-state index in [9.17, 15) is 20.0 Å². The molecule has 0 fully saturated rings. The van der Waals surface area contributed by atoms with Gasteiger partial charge < -0.3 is 4.90 Å². The lowest BCUT2D eigenvalue weighted by molar-refractivity contribution is -0.137. The Morgan fingerprint density at radius 3 is 1.60 bits per heavy atom. The number of alkyl halides is 3. The van der Waals surface area contributed by atoms with Crippen LogP contribution in [0.2, 0.25) is 0 Å². The number of halogens is 3. The Balaban J connectivity index is 1.13. The van der Waals surface area contributed by atoms with Crippen LogP contribution in [0, 0.1) is 0 Å². The molecule has 0 aliphatic carbocycles. The van der Waals surface area contributed by atoms with E-state index in [0.29, 0.717) is 27.7 Å². The number of thiazole rings is 2. The smallest absolute Gasteiger partial charge is 0.310 e. The minimum Gasteiger partial charge on any atom is -0.310 e. The first-order valence-corrected chi connectivity index (χ1v) is 18.9. The van der Waals surface area contributed by atoms with Gasteiger partial charge in [0, 0.05) is 28.2 Å². The molecule has 0 atom stereocenters. The number of hydrogen-bond acceptors (Lipinski definition) is 5. The van der Waals surface area contributed by atoms with Gasteiger partial charge in [-0.2, -0.15) is 13.2 Å². The number of anilines is 3. The van der Waals surface area contributed by atoms with Crippen LogP contribution in [0.1, 0.15) is 13.8 Å². The van der Waals surface area contributed by atoms with Crippen molar-refractivity contribution in [3.05, 3.63) is 175 Å². The van der Waals surface area contributed by atoms with Crippen LogP contribution in [0.3, 0.4) is 0 Å². The number of rotatable bonds is 6. The average Bonchev–Trinajstić information content (AvgIpc) is 3.91. The minimum atomic E-state index is -4.53. The zero-order chi connectivity index (χ0) is 42.3. The van der Waals surface area contributed by atoms with Crippen molar-refractivity contribution in [2.75, 3.05) is 4.90 Å². The second-order valence-corrected chi connectivity index (χ2v) is 15.0. The van der Waals surface area contributed by atoms with Gasteiger partial charge in [0.05, 0.1) is 34.2 Å². The van der Waals surface area contributed by atoms with Crippen molar-refractivity contribution in [1.29, 1.82) is 0 Å². The number of para-hydroxylation sites is 2. The first-order chi connectivity index (χ1) is 29.4. The van der Waals surface area contributed by atoms with Crippen LogP contribution in [-0.2, 0) is 6.18 Å². The lowest BCUT2D eigenvalue weighted by Crippen LogP contribution is -2.09. The van der Waals surface area contributed by atoms with Gasteiger partial charge >= 0.3 is 6.18 Å². The monoisotopic (exact) mass is 761 g/mol. The molecular weight excluding hydrogens is 728 g/mol. The zero-order valence-corrected chi connectivity index (χ0v) is 30.1. The van der Waals surface area contributed by atoms with Crippen molar-refractivity contribution in [3.63, 3.8) is 0 Å². The Kier molecular flexibility index (Phi) is 6.54. The van der Waals surface area contributed by atoms with Crippen LogP contribution < -0.4 is 4.90 Å². The van der Waals surface area contributed by atoms with E-state index in [4.69, 9.17) is 11.3 Å². The van der Waals surface area contributed by atoms with Crippen LogP contribution in [0.25, 0.3) is 74.2 Å². The van der Waals surface area contributed by atoms with Crippen molar-refractivity contribution in [3.8, 4) is 32.3 Å². The summed E-state index contributed by atoms with van der Waals surface area (Å²) in [5, 5.41) is 2.10. The summed E-state index contributed by atoms with van der Waals surface area (Å²) < 4.78 is 98.5. The predicted molar refractivity (Wildman–Crippen MR) is 224 cm³/mol. The van der Waals surface area contributed by atoms with Gasteiger partial charge in [-0.05, 0) is 142 Å². The summed E-state index contributed by atoms with van der Waals surface area (Å²) in [4.78, 5) is 11.3. The maximum absolute atomic E-state index is 13.4. The topological polar surface area (TPSA) is 29.0 Å². The minimum absolute atomic E-state index is 0.0100. The third-order valence-electron chi connectivity index (χ3n) is 9.37. The van der Waals surface area contributed by atoms with Crippen LogP contribution >= 0.6 is 22.7 Å². The van der Waals surface area contributed by atoms with E-state index >= 15 is 0 Å². The van der Waals surface area contributed by atoms with E-state index in [0.717, 1.165) is 53.7 Å². The fraction of sp³-hybridized carbons (Fsp3) is 0.0213. The summed E-state index contributed by atoms with van der Waals surface area (Å²) in [6, 6.07) is 36.4. The molecule has 2 heterocycles. The molecule has 8 aromatic carbocycles. The van der Waals surface area contributed by atoms with Gasteiger partial charge in [-0.15, -0.1) is 22.7 Å². The van der Waals surface area contributed by atoms with Gasteiger partial charge in [-0.1, -0.05) is 60.6 Å². The molecule has 3 nitrogen and oxygen atoms in total. The summed E-state index contributed by atoms with van der Waals surface area (Å²) in [5.41, 5.74) is 4.07. The number of aromatic nitrogens is 2. The molecule has 0 saturated heterocycles. The van der Waals surface area contributed by atoms with E-state index in [1.54, 1.807) is 33.6 Å². The molecule has 0 spiro atoms. The highest BCUT2D eigenvalue weighted by atomic mass is 32.1. The molecule has 0 saturated carbocycles. The molecule has 264 valence electrons. The second kappa shape index (κ2) is 13.2. The van der Waals surface area contributed by atoms with Crippen LogP contribution in [0.4, 0.5) is 30.2 Å². The van der Waals surface area contributed by atoms with E-state index in [-0.39, 0.29) is 46.2 Å². The fourth-order valence-electron chi connectivity index (χ4n) is 6.60. The Labute approximate surface area is 330 Å². The van der Waals surface area contributed by atoms with E-state index < -0.39 is 23.8 Å². The van der Waals surface area contributed by atoms with Gasteiger partial charge in [0.1, 0.15) is 10.0 Å². The zero-order valence-electron chi connectivity index (χ0n) is 34.5. The highest BCUT2D eigenvalue weighted by Crippen LogP contribution is 2.40. The van der Waals surface area contributed by atoms with Gasteiger partial charge in [-0.3, -0.25) is 0 Å². The second-order valence-electron chi connectivity index (χ2n) is 12.9. The summed E-state index contributed by atoms with van der Waals surface area (Å²) in [6.45, 7) is 0. The first-order valence-electron chi connectivity index (χ1n) is 20.2. The molecule has 0 N–H and O–H groups in total. The SMILES string of the molecule is [2H]c1c(N(c2ccc(-c3nc4ccccc4s3)cc2)c2ccc(-c3nc4ccccc4s3)cc2)c([2H])c2c([2H])c([2H])c(-c3ccc4cc(C(F)(F)F)ccc4c3)c([2H])c2c1[2H]. The molecule has 8 heteroatoms. The van der Waals surface area contributed by atoms with E-state index in [1.807, 2.05) is 97.1 Å². The number of benzene rings is 8. The highest BCUT2D eigenvalue weighted by Gasteiger charge is 2.30. The van der Waals surface area contributed by atoms with Gasteiger partial charge in [0.15, 0.2) is 0 Å². The lowest BCUT2D eigenvalue weighted by Gasteiger charge is -2.26. The molecule has 0 aliphatic rings. The van der Waals surface area contributed by atoms with Gasteiger partial charge in [-0.25, -0.2) is 9.97 Å². The highest BCUT2D eigenvalue weighted by molar-refractivity contribution is 7.22. The molecular formula is C47H28F3N3S2. The quantitative estimate of drug-likeness (QED) is 0.169. The van der Waals surface area contributed by atoms with Crippen LogP contribution in [-0.4, -0.2) is 9.97 Å². The Bertz CT molecular complexity index is 3200. The van der Waals surface area contributed by atoms with Crippen LogP contribution in [0.5, 0.6) is 0 Å². The molecule has 55 heavy (non-hydrogen) atoms. The Morgan fingerprint density at radius 1 is 0.473 bits per heavy atom. The number of nitrogens with zero attached hydrogens (tertiary/aromatic N) is 3. The molecule has 10 aromatic rings. The maximum Gasteiger partial charge on any atom is 0.416 e. The largest absolute Gasteiger partial charge is 0.416 e. The molecule has 0 bridgehead atoms. The summed E-state index contributed by atoms with van der Waals surface area (Å²) in [7, 11) is 0. The van der Waals surface area contributed by atoms with Crippen molar-refractivity contribution >= 4 is 81.7 Å². The summed E-state index contributed by atoms with van der Waals surface area (Å²) >= 11 is 3.12. The van der Waals surface area contributed by atoms with Crippen molar-refractivity contribution in [2.24, 2.45) is 0 Å². The van der Waals surface area contributed by atoms with Gasteiger partial charge in [0.2, 0.25) is 0 Å². The van der Waals surface area contributed by atoms with E-state index in [2.05, 4.69) is 0 Å². The van der Waals surface area contributed by atoms with E-state index in [1.165, 1.54) is 18.2 Å². The van der Waals surface area contributed by atoms with Crippen molar-refractivity contribution in [1.82, 2.24) is 9.97 Å². The van der Waals surface area contributed by atoms with Crippen molar-refractivity contribution < 1.29 is 21.4 Å². The Morgan fingerprint density at radius 2 is 1.00 bits per heavy atom. The predicted octanol–water partition coefficient (Wildman–Crippen LogP) is 14.7. The normalized spacial score (nSPS) is 13.4. The fourth-order valence-corrected chi connectivity index (χ4v) is 8.55. The first kappa shape index (κ1) is 27.3. The molecule has 2 aromatic heterocycles. The third-order valence-corrected chi connectivity index (χ3v) is 11.5. The maximum atomic E-state index is 13.4. The van der Waals surface area contributed by atoms with Crippen molar-refractivity contribution in [2.45, 2.75) is 6.18 Å².